The summed E-state index contributed by atoms with van der Waals surface area (Å²) < 4.78 is 0. The lowest BCUT2D eigenvalue weighted by Crippen LogP contribution is -2.43. The molecule has 0 bridgehead atoms. The Bertz CT molecular complexity index is 725. The molecule has 0 saturated heterocycles. The summed E-state index contributed by atoms with van der Waals surface area (Å²) in [6.07, 6.45) is 0.279. The lowest BCUT2D eigenvalue weighted by Gasteiger charge is -2.32. The number of carboxylic acid groups (broad SMARTS) is 1. The molecule has 23 heavy (non-hydrogen) atoms. The highest BCUT2D eigenvalue weighted by atomic mass is 16.4. The molecule has 2 rings (SSSR count). The van der Waals surface area contributed by atoms with Gasteiger partial charge in [0.2, 0.25) is 5.91 Å². The van der Waals surface area contributed by atoms with Gasteiger partial charge in [0.05, 0.1) is 11.8 Å². The van der Waals surface area contributed by atoms with Crippen LogP contribution in [0.4, 0.5) is 0 Å². The van der Waals surface area contributed by atoms with Crippen molar-refractivity contribution in [1.29, 1.82) is 0 Å². The quantitative estimate of drug-likeness (QED) is 0.889. The number of hydrogen-bond acceptors (Lipinski definition) is 2. The van der Waals surface area contributed by atoms with Gasteiger partial charge in [0.15, 0.2) is 0 Å². The van der Waals surface area contributed by atoms with Crippen molar-refractivity contribution in [2.75, 3.05) is 0 Å². The van der Waals surface area contributed by atoms with Gasteiger partial charge in [0, 0.05) is 0 Å². The first kappa shape index (κ1) is 17.0. The highest BCUT2D eigenvalue weighted by Crippen LogP contribution is 2.35. The highest BCUT2D eigenvalue weighted by molar-refractivity contribution is 5.88. The molecule has 2 aromatic rings. The van der Waals surface area contributed by atoms with Crippen molar-refractivity contribution in [2.45, 2.75) is 27.2 Å². The molecule has 0 aliphatic heterocycles. The molecule has 0 heterocycles. The highest BCUT2D eigenvalue weighted by Gasteiger charge is 2.40. The number of carboxylic acids is 1. The zero-order valence-electron chi connectivity index (χ0n) is 13.7. The fourth-order valence-corrected chi connectivity index (χ4v) is 3.28. The molecule has 122 valence electrons. The average molecular weight is 313 g/mol. The van der Waals surface area contributed by atoms with E-state index in [1.165, 1.54) is 0 Å². The van der Waals surface area contributed by atoms with E-state index >= 15 is 0 Å². The predicted octanol–water partition coefficient (Wildman–Crippen LogP) is 3.23. The first-order valence-electron chi connectivity index (χ1n) is 7.70. The van der Waals surface area contributed by atoms with E-state index < -0.39 is 29.1 Å². The minimum atomic E-state index is -0.989. The minimum Gasteiger partial charge on any atom is -0.481 e. The second-order valence-electron chi connectivity index (χ2n) is 7.03. The number of primary amides is 1. The Balaban J connectivity index is 2.47. The van der Waals surface area contributed by atoms with Crippen LogP contribution in [-0.2, 0) is 16.0 Å². The topological polar surface area (TPSA) is 80.4 Å². The van der Waals surface area contributed by atoms with E-state index in [4.69, 9.17) is 5.73 Å². The van der Waals surface area contributed by atoms with Crippen LogP contribution in [0.3, 0.4) is 0 Å². The van der Waals surface area contributed by atoms with Crippen LogP contribution in [0.15, 0.2) is 42.5 Å². The summed E-state index contributed by atoms with van der Waals surface area (Å²) in [4.78, 5) is 23.7. The third-order valence-electron chi connectivity index (χ3n) is 4.28. The Morgan fingerprint density at radius 1 is 1.09 bits per heavy atom. The number of carbonyl (C=O) groups is 2. The van der Waals surface area contributed by atoms with Crippen LogP contribution in [0.1, 0.15) is 26.3 Å². The average Bonchev–Trinajstić information content (AvgIpc) is 2.45. The number of carbonyl (C=O) groups excluding carboxylic acids is 1. The van der Waals surface area contributed by atoms with Crippen LogP contribution in [0.2, 0.25) is 0 Å². The number of benzene rings is 2. The van der Waals surface area contributed by atoms with Gasteiger partial charge in [-0.2, -0.15) is 0 Å². The Morgan fingerprint density at radius 2 is 1.70 bits per heavy atom. The van der Waals surface area contributed by atoms with Gasteiger partial charge in [0.25, 0.3) is 0 Å². The molecule has 2 unspecified atom stereocenters. The summed E-state index contributed by atoms with van der Waals surface area (Å²) in [5.74, 6) is -3.14. The van der Waals surface area contributed by atoms with Gasteiger partial charge in [-0.05, 0) is 28.2 Å². The Morgan fingerprint density at radius 3 is 2.26 bits per heavy atom. The molecule has 0 fully saturated rings. The maximum absolute atomic E-state index is 11.9. The molecule has 0 aromatic heterocycles. The third-order valence-corrected chi connectivity index (χ3v) is 4.28. The number of rotatable bonds is 5. The van der Waals surface area contributed by atoms with Crippen LogP contribution in [0.5, 0.6) is 0 Å². The molecule has 1 amide bonds. The van der Waals surface area contributed by atoms with Gasteiger partial charge in [0.1, 0.15) is 0 Å². The SMILES string of the molecule is CC(C)(C)C(C(N)=O)C(Cc1cccc2ccccc12)C(=O)O. The summed E-state index contributed by atoms with van der Waals surface area (Å²) in [7, 11) is 0. The van der Waals surface area contributed by atoms with Crippen molar-refractivity contribution in [2.24, 2.45) is 23.0 Å². The van der Waals surface area contributed by atoms with Gasteiger partial charge >= 0.3 is 5.97 Å². The molecule has 4 nitrogen and oxygen atoms in total. The van der Waals surface area contributed by atoms with E-state index in [1.54, 1.807) is 0 Å². The molecule has 4 heteroatoms. The lowest BCUT2D eigenvalue weighted by molar-refractivity contribution is -0.149. The monoisotopic (exact) mass is 313 g/mol. The van der Waals surface area contributed by atoms with Crippen LogP contribution >= 0.6 is 0 Å². The zero-order valence-corrected chi connectivity index (χ0v) is 13.7. The van der Waals surface area contributed by atoms with Gasteiger partial charge in [-0.15, -0.1) is 0 Å². The van der Waals surface area contributed by atoms with E-state index in [9.17, 15) is 14.7 Å². The normalized spacial score (nSPS) is 14.4. The summed E-state index contributed by atoms with van der Waals surface area (Å²) in [6.45, 7) is 5.55. The fourth-order valence-electron chi connectivity index (χ4n) is 3.28. The summed E-state index contributed by atoms with van der Waals surface area (Å²) >= 11 is 0. The Hall–Kier alpha value is -2.36. The van der Waals surface area contributed by atoms with Crippen LogP contribution in [0.25, 0.3) is 10.8 Å². The molecule has 0 aliphatic carbocycles. The lowest BCUT2D eigenvalue weighted by atomic mass is 9.70. The number of amides is 1. The van der Waals surface area contributed by atoms with Crippen molar-refractivity contribution in [3.63, 3.8) is 0 Å². The van der Waals surface area contributed by atoms with Crippen molar-refractivity contribution < 1.29 is 14.7 Å². The summed E-state index contributed by atoms with van der Waals surface area (Å²) in [5.41, 5.74) is 5.93. The number of fused-ring (bicyclic) bond motifs is 1. The first-order valence-corrected chi connectivity index (χ1v) is 7.70. The fraction of sp³-hybridized carbons (Fsp3) is 0.368. The maximum atomic E-state index is 11.9. The molecule has 0 saturated carbocycles. The first-order chi connectivity index (χ1) is 10.7. The largest absolute Gasteiger partial charge is 0.481 e. The van der Waals surface area contributed by atoms with Crippen LogP contribution in [0, 0.1) is 17.3 Å². The Kier molecular flexibility index (Phi) is 4.73. The molecule has 0 aliphatic rings. The van der Waals surface area contributed by atoms with Gasteiger partial charge in [-0.25, -0.2) is 0 Å². The molecular weight excluding hydrogens is 290 g/mol. The van der Waals surface area contributed by atoms with Crippen molar-refractivity contribution in [1.82, 2.24) is 0 Å². The van der Waals surface area contributed by atoms with Crippen molar-refractivity contribution in [3.05, 3.63) is 48.0 Å². The van der Waals surface area contributed by atoms with Crippen molar-refractivity contribution >= 4 is 22.6 Å². The smallest absolute Gasteiger partial charge is 0.307 e. The standard InChI is InChI=1S/C19H23NO3/c1-19(2,3)16(17(20)21)15(18(22)23)11-13-9-6-8-12-7-4-5-10-14(12)13/h4-10,15-16H,11H2,1-3H3,(H2,20,21)(H,22,23). The summed E-state index contributed by atoms with van der Waals surface area (Å²) in [5, 5.41) is 11.7. The minimum absolute atomic E-state index is 0.279. The second kappa shape index (κ2) is 6.41. The molecule has 2 aromatic carbocycles. The molecule has 0 radical (unpaired) electrons. The molecular formula is C19H23NO3. The van der Waals surface area contributed by atoms with E-state index in [-0.39, 0.29) is 6.42 Å². The van der Waals surface area contributed by atoms with E-state index in [0.29, 0.717) is 0 Å². The molecule has 2 atom stereocenters. The van der Waals surface area contributed by atoms with Gasteiger partial charge in [-0.3, -0.25) is 9.59 Å². The predicted molar refractivity (Wildman–Crippen MR) is 90.9 cm³/mol. The van der Waals surface area contributed by atoms with Crippen molar-refractivity contribution in [3.8, 4) is 0 Å². The van der Waals surface area contributed by atoms with E-state index in [2.05, 4.69) is 0 Å². The van der Waals surface area contributed by atoms with Gasteiger partial charge < -0.3 is 10.8 Å². The van der Waals surface area contributed by atoms with E-state index in [0.717, 1.165) is 16.3 Å². The van der Waals surface area contributed by atoms with E-state index in [1.807, 2.05) is 63.2 Å². The number of aliphatic carboxylic acids is 1. The second-order valence-corrected chi connectivity index (χ2v) is 7.03. The van der Waals surface area contributed by atoms with Crippen LogP contribution < -0.4 is 5.73 Å². The van der Waals surface area contributed by atoms with Gasteiger partial charge in [-0.1, -0.05) is 63.2 Å². The maximum Gasteiger partial charge on any atom is 0.307 e. The third kappa shape index (κ3) is 3.70. The zero-order chi connectivity index (χ0) is 17.2. The molecule has 0 spiro atoms. The summed E-state index contributed by atoms with van der Waals surface area (Å²) in [6, 6.07) is 13.7. The molecule has 3 N–H and O–H groups in total. The Labute approximate surface area is 136 Å². The van der Waals surface area contributed by atoms with Crippen LogP contribution in [-0.4, -0.2) is 17.0 Å². The number of hydrogen-bond donors (Lipinski definition) is 2. The number of nitrogens with two attached hydrogens (primary N) is 1.